The number of nitrogens with two attached hydrogens (primary N) is 1. The molecule has 1 aromatic heterocycles. The topological polar surface area (TPSA) is 71.2 Å². The van der Waals surface area contributed by atoms with Crippen molar-refractivity contribution in [1.82, 2.24) is 10.3 Å². The molecule has 5 nitrogen and oxygen atoms in total. The van der Waals surface area contributed by atoms with Crippen molar-refractivity contribution in [2.45, 2.75) is 45.7 Å². The van der Waals surface area contributed by atoms with Gasteiger partial charge >= 0.3 is 0 Å². The number of hydrogen-bond donors (Lipinski definition) is 2. The summed E-state index contributed by atoms with van der Waals surface area (Å²) in [4.78, 5) is 18.7. The molecule has 1 fully saturated rings. The molecule has 5 heteroatoms. The second-order valence-corrected chi connectivity index (χ2v) is 5.68. The maximum absolute atomic E-state index is 12.0. The first-order valence-corrected chi connectivity index (χ1v) is 7.87. The predicted molar refractivity (Wildman–Crippen MR) is 85.0 cm³/mol. The number of nitrogens with one attached hydrogen (secondary N) is 1. The number of carbonyl (C=O) groups excluding carboxylic acids is 1. The Morgan fingerprint density at radius 2 is 2.14 bits per heavy atom. The van der Waals surface area contributed by atoms with E-state index in [0.717, 1.165) is 43.7 Å². The van der Waals surface area contributed by atoms with Gasteiger partial charge in [0.2, 0.25) is 5.91 Å². The lowest BCUT2D eigenvalue weighted by Crippen LogP contribution is -2.30. The van der Waals surface area contributed by atoms with Crippen LogP contribution in [0.3, 0.4) is 0 Å². The molecule has 0 radical (unpaired) electrons. The number of nitrogens with zero attached hydrogens (tertiary/aromatic N) is 2. The van der Waals surface area contributed by atoms with E-state index in [-0.39, 0.29) is 17.9 Å². The normalized spacial score (nSPS) is 21.3. The Bertz CT molecular complexity index is 456. The Labute approximate surface area is 126 Å². The Balaban J connectivity index is 1.84. The Morgan fingerprint density at radius 1 is 1.38 bits per heavy atom. The molecule has 1 aliphatic rings. The largest absolute Gasteiger partial charge is 0.357 e. The summed E-state index contributed by atoms with van der Waals surface area (Å²) in [6, 6.07) is 4.23. The van der Waals surface area contributed by atoms with Crippen LogP contribution in [0.5, 0.6) is 0 Å². The van der Waals surface area contributed by atoms with Gasteiger partial charge in [0.25, 0.3) is 0 Å². The Hall–Kier alpha value is -1.62. The summed E-state index contributed by atoms with van der Waals surface area (Å²) in [5.74, 6) is 1.19. The minimum Gasteiger partial charge on any atom is -0.357 e. The first kappa shape index (κ1) is 15.8. The third-order valence-corrected chi connectivity index (χ3v) is 4.21. The molecule has 1 heterocycles. The predicted octanol–water partition coefficient (Wildman–Crippen LogP) is 1.67. The molecule has 0 bridgehead atoms. The summed E-state index contributed by atoms with van der Waals surface area (Å²) in [5, 5.41) is 2.99. The molecule has 1 aliphatic carbocycles. The van der Waals surface area contributed by atoms with Crippen LogP contribution in [0.25, 0.3) is 0 Å². The molecule has 0 spiro atoms. The van der Waals surface area contributed by atoms with E-state index in [1.54, 1.807) is 0 Å². The summed E-state index contributed by atoms with van der Waals surface area (Å²) in [6.07, 6.45) is 4.52. The SMILES string of the molecule is CCN(CC)c1ccc(CNC(=O)C2CCC(N)C2)cn1. The quantitative estimate of drug-likeness (QED) is 0.836. The molecule has 21 heavy (non-hydrogen) atoms. The summed E-state index contributed by atoms with van der Waals surface area (Å²) >= 11 is 0. The maximum atomic E-state index is 12.0. The number of anilines is 1. The highest BCUT2D eigenvalue weighted by atomic mass is 16.1. The van der Waals surface area contributed by atoms with Crippen molar-refractivity contribution >= 4 is 11.7 Å². The first-order valence-electron chi connectivity index (χ1n) is 7.87. The molecule has 0 saturated heterocycles. The van der Waals surface area contributed by atoms with E-state index < -0.39 is 0 Å². The van der Waals surface area contributed by atoms with Crippen LogP contribution in [0.15, 0.2) is 18.3 Å². The van der Waals surface area contributed by atoms with Gasteiger partial charge in [0.1, 0.15) is 5.82 Å². The van der Waals surface area contributed by atoms with Crippen LogP contribution >= 0.6 is 0 Å². The van der Waals surface area contributed by atoms with E-state index in [2.05, 4.69) is 29.0 Å². The minimum absolute atomic E-state index is 0.0860. The molecule has 1 saturated carbocycles. The van der Waals surface area contributed by atoms with Crippen LogP contribution < -0.4 is 16.0 Å². The molecule has 2 atom stereocenters. The Morgan fingerprint density at radius 3 is 2.67 bits per heavy atom. The average Bonchev–Trinajstić information content (AvgIpc) is 2.94. The van der Waals surface area contributed by atoms with Crippen LogP contribution in [0.2, 0.25) is 0 Å². The number of pyridine rings is 1. The summed E-state index contributed by atoms with van der Waals surface area (Å²) in [5.41, 5.74) is 6.88. The lowest BCUT2D eigenvalue weighted by atomic mass is 10.1. The van der Waals surface area contributed by atoms with Crippen molar-refractivity contribution in [2.24, 2.45) is 11.7 Å². The van der Waals surface area contributed by atoms with E-state index in [4.69, 9.17) is 5.73 Å². The molecule has 1 amide bonds. The molecular weight excluding hydrogens is 264 g/mol. The van der Waals surface area contributed by atoms with Gasteiger partial charge in [0, 0.05) is 37.8 Å². The van der Waals surface area contributed by atoms with Crippen LogP contribution in [-0.4, -0.2) is 30.0 Å². The van der Waals surface area contributed by atoms with Crippen LogP contribution in [0.4, 0.5) is 5.82 Å². The van der Waals surface area contributed by atoms with Crippen molar-refractivity contribution in [2.75, 3.05) is 18.0 Å². The zero-order chi connectivity index (χ0) is 15.2. The summed E-state index contributed by atoms with van der Waals surface area (Å²) < 4.78 is 0. The van der Waals surface area contributed by atoms with Crippen LogP contribution in [0.1, 0.15) is 38.7 Å². The minimum atomic E-state index is 0.0860. The van der Waals surface area contributed by atoms with Gasteiger partial charge in [-0.05, 0) is 44.7 Å². The molecule has 1 aromatic rings. The Kier molecular flexibility index (Phi) is 5.56. The zero-order valence-electron chi connectivity index (χ0n) is 13.0. The van der Waals surface area contributed by atoms with Gasteiger partial charge in [-0.15, -0.1) is 0 Å². The van der Waals surface area contributed by atoms with Crippen molar-refractivity contribution in [1.29, 1.82) is 0 Å². The van der Waals surface area contributed by atoms with Gasteiger partial charge in [-0.1, -0.05) is 6.07 Å². The second kappa shape index (κ2) is 7.41. The molecule has 0 aliphatic heterocycles. The lowest BCUT2D eigenvalue weighted by Gasteiger charge is -2.19. The van der Waals surface area contributed by atoms with E-state index in [0.29, 0.717) is 6.54 Å². The van der Waals surface area contributed by atoms with Crippen molar-refractivity contribution < 1.29 is 4.79 Å². The number of aromatic nitrogens is 1. The van der Waals surface area contributed by atoms with Gasteiger partial charge in [-0.25, -0.2) is 4.98 Å². The van der Waals surface area contributed by atoms with Gasteiger partial charge in [0.05, 0.1) is 0 Å². The van der Waals surface area contributed by atoms with Crippen LogP contribution in [-0.2, 0) is 11.3 Å². The van der Waals surface area contributed by atoms with E-state index in [9.17, 15) is 4.79 Å². The molecule has 2 unspecified atom stereocenters. The standard InChI is InChI=1S/C16H26N4O/c1-3-20(4-2)15-8-5-12(10-18-15)11-19-16(21)13-6-7-14(17)9-13/h5,8,10,13-14H,3-4,6-7,9,11,17H2,1-2H3,(H,19,21). The highest BCUT2D eigenvalue weighted by molar-refractivity contribution is 5.79. The van der Waals surface area contributed by atoms with E-state index in [1.165, 1.54) is 0 Å². The van der Waals surface area contributed by atoms with Crippen LogP contribution in [0, 0.1) is 5.92 Å². The average molecular weight is 290 g/mol. The molecule has 3 N–H and O–H groups in total. The highest BCUT2D eigenvalue weighted by Crippen LogP contribution is 2.24. The summed E-state index contributed by atoms with van der Waals surface area (Å²) in [6.45, 7) is 6.66. The molecular formula is C16H26N4O. The van der Waals surface area contributed by atoms with Crippen molar-refractivity contribution in [3.8, 4) is 0 Å². The molecule has 116 valence electrons. The lowest BCUT2D eigenvalue weighted by molar-refractivity contribution is -0.125. The van der Waals surface area contributed by atoms with Gasteiger partial charge < -0.3 is 16.0 Å². The monoisotopic (exact) mass is 290 g/mol. The smallest absolute Gasteiger partial charge is 0.223 e. The fourth-order valence-corrected chi connectivity index (χ4v) is 2.84. The second-order valence-electron chi connectivity index (χ2n) is 5.68. The van der Waals surface area contributed by atoms with Gasteiger partial charge in [-0.2, -0.15) is 0 Å². The fraction of sp³-hybridized carbons (Fsp3) is 0.625. The first-order chi connectivity index (χ1) is 10.1. The third-order valence-electron chi connectivity index (χ3n) is 4.21. The summed E-state index contributed by atoms with van der Waals surface area (Å²) in [7, 11) is 0. The van der Waals surface area contributed by atoms with Crippen molar-refractivity contribution in [3.63, 3.8) is 0 Å². The number of carbonyl (C=O) groups is 1. The van der Waals surface area contributed by atoms with E-state index in [1.807, 2.05) is 18.3 Å². The molecule has 0 aromatic carbocycles. The zero-order valence-corrected chi connectivity index (χ0v) is 13.0. The number of rotatable bonds is 6. The van der Waals surface area contributed by atoms with Crippen molar-refractivity contribution in [3.05, 3.63) is 23.9 Å². The van der Waals surface area contributed by atoms with Gasteiger partial charge in [0.15, 0.2) is 0 Å². The van der Waals surface area contributed by atoms with E-state index >= 15 is 0 Å². The maximum Gasteiger partial charge on any atom is 0.223 e. The fourth-order valence-electron chi connectivity index (χ4n) is 2.84. The molecule has 2 rings (SSSR count). The number of amides is 1. The third kappa shape index (κ3) is 4.17. The van der Waals surface area contributed by atoms with Gasteiger partial charge in [-0.3, -0.25) is 4.79 Å². The number of hydrogen-bond acceptors (Lipinski definition) is 4. The highest BCUT2D eigenvalue weighted by Gasteiger charge is 2.27.